The molecule has 1 aliphatic heterocycles. The third kappa shape index (κ3) is 5.17. The number of carbonyl (C=O) groups excluding carboxylic acids is 1. The lowest BCUT2D eigenvalue weighted by atomic mass is 9.87. The lowest BCUT2D eigenvalue weighted by Crippen LogP contribution is -2.33. The molecule has 7 nitrogen and oxygen atoms in total. The van der Waals surface area contributed by atoms with E-state index in [1.807, 2.05) is 42.2 Å². The standard InChI is InChI=1S/C33H34N4O3/c1-21-31(35-20-36(21)2)19-37-14-13-27-26(23-9-6-10-24(15-23)33(39)40)12-11-25(30(27)18-37)17-34-32(38)29-16-28(29)22-7-4-3-5-8-22/h3-12,15,20,28-29H,13-14,16-19H2,1-2H3,(H,34,38)(H,39,40)/t28-,29-/m0/s1. The summed E-state index contributed by atoms with van der Waals surface area (Å²) in [5, 5.41) is 12.8. The number of amides is 1. The molecular weight excluding hydrogens is 500 g/mol. The lowest BCUT2D eigenvalue weighted by Gasteiger charge is -2.32. The average Bonchev–Trinajstić information content (AvgIpc) is 3.73. The van der Waals surface area contributed by atoms with Crippen molar-refractivity contribution >= 4 is 11.9 Å². The molecule has 7 heteroatoms. The second-order valence-corrected chi connectivity index (χ2v) is 11.0. The second kappa shape index (κ2) is 10.7. The van der Waals surface area contributed by atoms with Gasteiger partial charge in [-0.3, -0.25) is 9.69 Å². The molecule has 1 saturated carbocycles. The molecule has 1 amide bonds. The number of hydrogen-bond acceptors (Lipinski definition) is 4. The van der Waals surface area contributed by atoms with Gasteiger partial charge in [-0.2, -0.15) is 0 Å². The van der Waals surface area contributed by atoms with Crippen LogP contribution >= 0.6 is 0 Å². The summed E-state index contributed by atoms with van der Waals surface area (Å²) < 4.78 is 2.04. The average molecular weight is 535 g/mol. The van der Waals surface area contributed by atoms with Crippen LogP contribution in [0.5, 0.6) is 0 Å². The number of benzene rings is 3. The van der Waals surface area contributed by atoms with Crippen LogP contribution in [0.1, 0.15) is 56.3 Å². The molecule has 40 heavy (non-hydrogen) atoms. The molecule has 3 aromatic carbocycles. The zero-order valence-corrected chi connectivity index (χ0v) is 22.9. The summed E-state index contributed by atoms with van der Waals surface area (Å²) in [6.07, 6.45) is 3.59. The van der Waals surface area contributed by atoms with Gasteiger partial charge in [0.15, 0.2) is 0 Å². The Bertz CT molecular complexity index is 1580. The molecule has 1 aromatic heterocycles. The molecule has 2 heterocycles. The van der Waals surface area contributed by atoms with E-state index >= 15 is 0 Å². The van der Waals surface area contributed by atoms with Crippen molar-refractivity contribution in [2.24, 2.45) is 13.0 Å². The van der Waals surface area contributed by atoms with Crippen LogP contribution in [0.25, 0.3) is 11.1 Å². The van der Waals surface area contributed by atoms with E-state index in [1.165, 1.54) is 16.7 Å². The van der Waals surface area contributed by atoms with Gasteiger partial charge in [-0.05, 0) is 71.2 Å². The first kappa shape index (κ1) is 26.0. The first-order chi connectivity index (χ1) is 19.4. The number of hydrogen-bond donors (Lipinski definition) is 2. The maximum absolute atomic E-state index is 13.1. The molecule has 0 bridgehead atoms. The summed E-state index contributed by atoms with van der Waals surface area (Å²) in [6.45, 7) is 4.96. The van der Waals surface area contributed by atoms with Crippen molar-refractivity contribution in [2.45, 2.75) is 45.3 Å². The summed E-state index contributed by atoms with van der Waals surface area (Å²) in [7, 11) is 2.01. The predicted molar refractivity (Wildman–Crippen MR) is 154 cm³/mol. The van der Waals surface area contributed by atoms with Crippen LogP contribution in [0.15, 0.2) is 73.1 Å². The van der Waals surface area contributed by atoms with Gasteiger partial charge >= 0.3 is 5.97 Å². The zero-order valence-electron chi connectivity index (χ0n) is 22.9. The van der Waals surface area contributed by atoms with Gasteiger partial charge in [-0.1, -0.05) is 54.6 Å². The molecule has 6 rings (SSSR count). The number of imidazole rings is 1. The number of aromatic nitrogens is 2. The number of fused-ring (bicyclic) bond motifs is 1. The van der Waals surface area contributed by atoms with Crippen LogP contribution in [0, 0.1) is 12.8 Å². The Labute approximate surface area is 234 Å². The van der Waals surface area contributed by atoms with Gasteiger partial charge in [0.05, 0.1) is 17.6 Å². The molecule has 2 aliphatic rings. The highest BCUT2D eigenvalue weighted by atomic mass is 16.4. The summed E-state index contributed by atoms with van der Waals surface area (Å²) >= 11 is 0. The Morgan fingerprint density at radius 1 is 1.05 bits per heavy atom. The minimum atomic E-state index is -0.930. The van der Waals surface area contributed by atoms with Crippen LogP contribution in [-0.4, -0.2) is 38.0 Å². The number of aryl methyl sites for hydroxylation is 1. The minimum Gasteiger partial charge on any atom is -0.478 e. The van der Waals surface area contributed by atoms with E-state index in [9.17, 15) is 14.7 Å². The molecule has 0 unspecified atom stereocenters. The SMILES string of the molecule is Cc1c(CN2CCc3c(-c4cccc(C(=O)O)c4)ccc(CNC(=O)[C@H]4C[C@H]4c4ccccc4)c3C2)ncn1C. The molecule has 0 spiro atoms. The number of carbonyl (C=O) groups is 2. The lowest BCUT2D eigenvalue weighted by molar-refractivity contribution is -0.122. The highest BCUT2D eigenvalue weighted by Crippen LogP contribution is 2.47. The van der Waals surface area contributed by atoms with Gasteiger partial charge in [0.2, 0.25) is 5.91 Å². The van der Waals surface area contributed by atoms with Crippen molar-refractivity contribution in [1.29, 1.82) is 0 Å². The normalized spacial score (nSPS) is 18.2. The number of nitrogens with one attached hydrogen (secondary N) is 1. The van der Waals surface area contributed by atoms with Crippen molar-refractivity contribution in [1.82, 2.24) is 19.8 Å². The topological polar surface area (TPSA) is 87.5 Å². The van der Waals surface area contributed by atoms with Gasteiger partial charge in [0.25, 0.3) is 0 Å². The molecule has 0 saturated heterocycles. The van der Waals surface area contributed by atoms with E-state index in [-0.39, 0.29) is 17.4 Å². The Balaban J connectivity index is 1.26. The van der Waals surface area contributed by atoms with Crippen molar-refractivity contribution < 1.29 is 14.7 Å². The van der Waals surface area contributed by atoms with E-state index in [1.54, 1.807) is 18.2 Å². The quantitative estimate of drug-likeness (QED) is 0.330. The van der Waals surface area contributed by atoms with Crippen molar-refractivity contribution in [3.05, 3.63) is 112 Å². The second-order valence-electron chi connectivity index (χ2n) is 11.0. The van der Waals surface area contributed by atoms with Gasteiger partial charge in [0, 0.05) is 44.8 Å². The third-order valence-corrected chi connectivity index (χ3v) is 8.52. The van der Waals surface area contributed by atoms with Gasteiger partial charge in [-0.15, -0.1) is 0 Å². The van der Waals surface area contributed by atoms with E-state index in [4.69, 9.17) is 0 Å². The smallest absolute Gasteiger partial charge is 0.335 e. The van der Waals surface area contributed by atoms with Crippen LogP contribution in [0.2, 0.25) is 0 Å². The molecule has 2 N–H and O–H groups in total. The fourth-order valence-corrected chi connectivity index (χ4v) is 5.96. The van der Waals surface area contributed by atoms with E-state index in [2.05, 4.69) is 46.4 Å². The summed E-state index contributed by atoms with van der Waals surface area (Å²) in [5.74, 6) is -0.491. The first-order valence-electron chi connectivity index (χ1n) is 13.9. The van der Waals surface area contributed by atoms with Crippen LogP contribution in [0.3, 0.4) is 0 Å². The summed E-state index contributed by atoms with van der Waals surface area (Å²) in [6, 6.07) is 21.6. The predicted octanol–water partition coefficient (Wildman–Crippen LogP) is 5.07. The third-order valence-electron chi connectivity index (χ3n) is 8.52. The molecule has 4 aromatic rings. The minimum absolute atomic E-state index is 0.0277. The number of rotatable bonds is 8. The fourth-order valence-electron chi connectivity index (χ4n) is 5.96. The maximum Gasteiger partial charge on any atom is 0.335 e. The van der Waals surface area contributed by atoms with Crippen LogP contribution in [-0.2, 0) is 37.9 Å². The first-order valence-corrected chi connectivity index (χ1v) is 13.9. The maximum atomic E-state index is 13.1. The number of carboxylic acid groups (broad SMARTS) is 1. The highest BCUT2D eigenvalue weighted by Gasteiger charge is 2.43. The number of carboxylic acids is 1. The monoisotopic (exact) mass is 534 g/mol. The molecule has 1 fully saturated rings. The zero-order chi connectivity index (χ0) is 27.8. The number of nitrogens with zero attached hydrogens (tertiary/aromatic N) is 3. The summed E-state index contributed by atoms with van der Waals surface area (Å²) in [5.41, 5.74) is 9.28. The highest BCUT2D eigenvalue weighted by molar-refractivity contribution is 5.89. The largest absolute Gasteiger partial charge is 0.478 e. The molecule has 1 aliphatic carbocycles. The van der Waals surface area contributed by atoms with Crippen molar-refractivity contribution in [2.75, 3.05) is 6.54 Å². The number of aromatic carboxylic acids is 1. The Morgan fingerprint density at radius 2 is 1.88 bits per heavy atom. The fraction of sp³-hybridized carbons (Fsp3) is 0.303. The van der Waals surface area contributed by atoms with E-state index in [0.29, 0.717) is 12.5 Å². The Kier molecular flexibility index (Phi) is 6.98. The molecule has 0 radical (unpaired) electrons. The van der Waals surface area contributed by atoms with Crippen LogP contribution in [0.4, 0.5) is 0 Å². The molecule has 204 valence electrons. The van der Waals surface area contributed by atoms with Crippen LogP contribution < -0.4 is 5.32 Å². The van der Waals surface area contributed by atoms with Gasteiger partial charge < -0.3 is 15.0 Å². The molecule has 2 atom stereocenters. The van der Waals surface area contributed by atoms with Crippen molar-refractivity contribution in [3.8, 4) is 11.1 Å². The van der Waals surface area contributed by atoms with Gasteiger partial charge in [-0.25, -0.2) is 9.78 Å². The Morgan fingerprint density at radius 3 is 2.62 bits per heavy atom. The molecular formula is C33H34N4O3. The van der Waals surface area contributed by atoms with E-state index < -0.39 is 5.97 Å². The Hall–Kier alpha value is -4.23. The van der Waals surface area contributed by atoms with Gasteiger partial charge in [0.1, 0.15) is 0 Å². The summed E-state index contributed by atoms with van der Waals surface area (Å²) in [4.78, 5) is 31.7. The van der Waals surface area contributed by atoms with Crippen molar-refractivity contribution in [3.63, 3.8) is 0 Å². The van der Waals surface area contributed by atoms with E-state index in [0.717, 1.165) is 60.6 Å².